The van der Waals surface area contributed by atoms with Crippen LogP contribution in [0.25, 0.3) is 5.65 Å². The molecule has 20 heavy (non-hydrogen) atoms. The largest absolute Gasteiger partial charge is 0.291 e. The minimum absolute atomic E-state index is 0.264. The summed E-state index contributed by atoms with van der Waals surface area (Å²) >= 11 is 0. The van der Waals surface area contributed by atoms with Crippen molar-refractivity contribution in [2.45, 2.75) is 13.3 Å². The number of imidazole rings is 1. The van der Waals surface area contributed by atoms with Crippen LogP contribution in [0, 0.1) is 24.1 Å². The Morgan fingerprint density at radius 1 is 1.20 bits per heavy atom. The number of aryl methyl sites for hydroxylation is 1. The lowest BCUT2D eigenvalue weighted by atomic mass is 10.1. The molecule has 3 aromatic rings. The fourth-order valence-electron chi connectivity index (χ4n) is 2.24. The summed E-state index contributed by atoms with van der Waals surface area (Å²) in [5.74, 6) is -0.264. The normalized spacial score (nSPS) is 10.7. The predicted octanol–water partition coefficient (Wildman–Crippen LogP) is 3.24. The number of halogens is 1. The highest BCUT2D eigenvalue weighted by atomic mass is 19.1. The maximum atomic E-state index is 12.9. The van der Waals surface area contributed by atoms with E-state index in [4.69, 9.17) is 0 Å². The Hall–Kier alpha value is -2.67. The molecule has 0 saturated heterocycles. The Bertz CT molecular complexity index is 810. The topological polar surface area (TPSA) is 41.1 Å². The van der Waals surface area contributed by atoms with E-state index < -0.39 is 0 Å². The van der Waals surface area contributed by atoms with Crippen LogP contribution >= 0.6 is 0 Å². The third kappa shape index (κ3) is 2.14. The Morgan fingerprint density at radius 3 is 2.65 bits per heavy atom. The van der Waals surface area contributed by atoms with E-state index in [9.17, 15) is 9.65 Å². The van der Waals surface area contributed by atoms with E-state index in [-0.39, 0.29) is 5.82 Å². The van der Waals surface area contributed by atoms with E-state index in [1.807, 2.05) is 25.3 Å². The summed E-state index contributed by atoms with van der Waals surface area (Å²) in [5.41, 5.74) is 4.00. The molecule has 4 heteroatoms. The van der Waals surface area contributed by atoms with Gasteiger partial charge in [0.15, 0.2) is 0 Å². The van der Waals surface area contributed by atoms with Crippen LogP contribution < -0.4 is 0 Å². The number of pyridine rings is 1. The number of nitriles is 1. The lowest BCUT2D eigenvalue weighted by Crippen LogP contribution is -1.94. The Labute approximate surface area is 115 Å². The number of rotatable bonds is 2. The number of benzene rings is 1. The Balaban J connectivity index is 2.07. The zero-order valence-electron chi connectivity index (χ0n) is 11.0. The van der Waals surface area contributed by atoms with E-state index >= 15 is 0 Å². The maximum Gasteiger partial charge on any atom is 0.148 e. The Kier molecular flexibility index (Phi) is 2.96. The van der Waals surface area contributed by atoms with Gasteiger partial charge in [-0.3, -0.25) is 4.40 Å². The molecule has 0 radical (unpaired) electrons. The first kappa shape index (κ1) is 12.4. The standard InChI is InChI=1S/C16H12FN3/c1-11-2-7-16-19-14(15(9-18)20(16)10-11)8-12-3-5-13(17)6-4-12/h2-7,10H,8H2,1H3. The summed E-state index contributed by atoms with van der Waals surface area (Å²) < 4.78 is 14.7. The van der Waals surface area contributed by atoms with Crippen molar-refractivity contribution in [3.8, 4) is 6.07 Å². The van der Waals surface area contributed by atoms with Gasteiger partial charge in [0, 0.05) is 12.6 Å². The first-order valence-electron chi connectivity index (χ1n) is 6.29. The van der Waals surface area contributed by atoms with Crippen LogP contribution in [0.15, 0.2) is 42.6 Å². The average Bonchev–Trinajstić information content (AvgIpc) is 2.78. The van der Waals surface area contributed by atoms with Crippen molar-refractivity contribution in [1.82, 2.24) is 9.38 Å². The van der Waals surface area contributed by atoms with E-state index in [0.29, 0.717) is 17.8 Å². The van der Waals surface area contributed by atoms with Crippen LogP contribution in [-0.2, 0) is 6.42 Å². The highest BCUT2D eigenvalue weighted by Crippen LogP contribution is 2.17. The maximum absolute atomic E-state index is 12.9. The molecular weight excluding hydrogens is 253 g/mol. The average molecular weight is 265 g/mol. The number of fused-ring (bicyclic) bond motifs is 1. The third-order valence-electron chi connectivity index (χ3n) is 3.23. The van der Waals surface area contributed by atoms with Crippen molar-refractivity contribution in [2.75, 3.05) is 0 Å². The molecule has 0 atom stereocenters. The number of aromatic nitrogens is 2. The lowest BCUT2D eigenvalue weighted by molar-refractivity contribution is 0.627. The molecule has 0 spiro atoms. The molecule has 0 aliphatic rings. The van der Waals surface area contributed by atoms with Gasteiger partial charge in [-0.05, 0) is 36.2 Å². The van der Waals surface area contributed by atoms with Crippen molar-refractivity contribution < 1.29 is 4.39 Å². The SMILES string of the molecule is Cc1ccc2nc(Cc3ccc(F)cc3)c(C#N)n2c1. The summed E-state index contributed by atoms with van der Waals surface area (Å²) in [6, 6.07) is 12.3. The molecular formula is C16H12FN3. The van der Waals surface area contributed by atoms with E-state index in [1.54, 1.807) is 16.5 Å². The first-order valence-corrected chi connectivity index (χ1v) is 6.29. The highest BCUT2D eigenvalue weighted by molar-refractivity contribution is 5.49. The van der Waals surface area contributed by atoms with Crippen molar-refractivity contribution in [2.24, 2.45) is 0 Å². The smallest absolute Gasteiger partial charge is 0.148 e. The molecule has 98 valence electrons. The van der Waals surface area contributed by atoms with E-state index in [1.165, 1.54) is 12.1 Å². The molecule has 0 bridgehead atoms. The van der Waals surface area contributed by atoms with Gasteiger partial charge >= 0.3 is 0 Å². The summed E-state index contributed by atoms with van der Waals surface area (Å²) in [5, 5.41) is 9.35. The van der Waals surface area contributed by atoms with Gasteiger partial charge < -0.3 is 0 Å². The second-order valence-electron chi connectivity index (χ2n) is 4.76. The van der Waals surface area contributed by atoms with E-state index in [2.05, 4.69) is 11.1 Å². The molecule has 2 aromatic heterocycles. The lowest BCUT2D eigenvalue weighted by Gasteiger charge is -1.99. The summed E-state index contributed by atoms with van der Waals surface area (Å²) in [6.07, 6.45) is 2.42. The fourth-order valence-corrected chi connectivity index (χ4v) is 2.24. The molecule has 0 N–H and O–H groups in total. The summed E-state index contributed by atoms with van der Waals surface area (Å²) in [6.45, 7) is 1.97. The molecule has 0 unspecified atom stereocenters. The van der Waals surface area contributed by atoms with Crippen LogP contribution in [0.1, 0.15) is 22.5 Å². The third-order valence-corrected chi connectivity index (χ3v) is 3.23. The summed E-state index contributed by atoms with van der Waals surface area (Å²) in [4.78, 5) is 4.49. The molecule has 0 saturated carbocycles. The van der Waals surface area contributed by atoms with Crippen LogP contribution in [0.3, 0.4) is 0 Å². The predicted molar refractivity (Wildman–Crippen MR) is 73.9 cm³/mol. The van der Waals surface area contributed by atoms with Gasteiger partial charge in [0.25, 0.3) is 0 Å². The van der Waals surface area contributed by atoms with Crippen molar-refractivity contribution >= 4 is 5.65 Å². The second-order valence-corrected chi connectivity index (χ2v) is 4.76. The second kappa shape index (κ2) is 4.78. The molecule has 0 amide bonds. The van der Waals surface area contributed by atoms with Crippen LogP contribution in [0.5, 0.6) is 0 Å². The van der Waals surface area contributed by atoms with Crippen molar-refractivity contribution in [1.29, 1.82) is 5.26 Å². The molecule has 0 fully saturated rings. The van der Waals surface area contributed by atoms with Gasteiger partial charge in [-0.25, -0.2) is 9.37 Å². The number of hydrogen-bond donors (Lipinski definition) is 0. The van der Waals surface area contributed by atoms with Crippen LogP contribution in [-0.4, -0.2) is 9.38 Å². The van der Waals surface area contributed by atoms with Crippen LogP contribution in [0.2, 0.25) is 0 Å². The van der Waals surface area contributed by atoms with Gasteiger partial charge in [0.1, 0.15) is 23.2 Å². The first-order chi connectivity index (χ1) is 9.67. The quantitative estimate of drug-likeness (QED) is 0.713. The van der Waals surface area contributed by atoms with Crippen molar-refractivity contribution in [3.63, 3.8) is 0 Å². The monoisotopic (exact) mass is 265 g/mol. The molecule has 1 aromatic carbocycles. The fraction of sp³-hybridized carbons (Fsp3) is 0.125. The molecule has 3 rings (SSSR count). The van der Waals surface area contributed by atoms with Gasteiger partial charge in [0.05, 0.1) is 5.69 Å². The van der Waals surface area contributed by atoms with E-state index in [0.717, 1.165) is 16.8 Å². The number of nitrogens with zero attached hydrogens (tertiary/aromatic N) is 3. The molecule has 3 nitrogen and oxygen atoms in total. The van der Waals surface area contributed by atoms with Gasteiger partial charge in [0.2, 0.25) is 0 Å². The van der Waals surface area contributed by atoms with Gasteiger partial charge in [-0.2, -0.15) is 5.26 Å². The number of hydrogen-bond acceptors (Lipinski definition) is 2. The molecule has 0 aliphatic heterocycles. The van der Waals surface area contributed by atoms with Gasteiger partial charge in [-0.1, -0.05) is 18.2 Å². The Morgan fingerprint density at radius 2 is 1.95 bits per heavy atom. The summed E-state index contributed by atoms with van der Waals surface area (Å²) in [7, 11) is 0. The minimum atomic E-state index is -0.264. The zero-order valence-corrected chi connectivity index (χ0v) is 11.0. The van der Waals surface area contributed by atoms with Crippen molar-refractivity contribution in [3.05, 3.63) is 70.9 Å². The minimum Gasteiger partial charge on any atom is -0.291 e. The zero-order chi connectivity index (χ0) is 14.1. The van der Waals surface area contributed by atoms with Gasteiger partial charge in [-0.15, -0.1) is 0 Å². The molecule has 0 aliphatic carbocycles. The van der Waals surface area contributed by atoms with Crippen LogP contribution in [0.4, 0.5) is 4.39 Å². The highest BCUT2D eigenvalue weighted by Gasteiger charge is 2.12. The molecule has 2 heterocycles.